The maximum Gasteiger partial charge on any atom is 0.266 e. The van der Waals surface area contributed by atoms with Crippen molar-refractivity contribution in [1.29, 1.82) is 0 Å². The van der Waals surface area contributed by atoms with Gasteiger partial charge in [-0.1, -0.05) is 71.4 Å². The van der Waals surface area contributed by atoms with Crippen LogP contribution in [0.1, 0.15) is 16.7 Å². The standard InChI is InChI=1S/C24H15Cl2F2NO2S2/c25-19-9-16(10-20(26)22(19)31-13-15-3-7-18(28)8-4-15)11-21-23(30)29(24(32)33-21)12-14-1-5-17(27)6-2-14/h1-11H,12-13H2. The number of nitrogens with zero attached hydrogens (tertiary/aromatic N) is 1. The Kier molecular flexibility index (Phi) is 7.34. The molecule has 0 aromatic heterocycles. The summed E-state index contributed by atoms with van der Waals surface area (Å²) in [7, 11) is 0. The van der Waals surface area contributed by atoms with Gasteiger partial charge in [0.1, 0.15) is 22.6 Å². The number of hydrogen-bond donors (Lipinski definition) is 0. The van der Waals surface area contributed by atoms with Gasteiger partial charge in [-0.05, 0) is 59.2 Å². The van der Waals surface area contributed by atoms with Gasteiger partial charge >= 0.3 is 0 Å². The summed E-state index contributed by atoms with van der Waals surface area (Å²) >= 11 is 19.3. The quantitative estimate of drug-likeness (QED) is 0.252. The molecule has 1 heterocycles. The first-order valence-corrected chi connectivity index (χ1v) is 11.6. The zero-order valence-corrected chi connectivity index (χ0v) is 20.0. The zero-order valence-electron chi connectivity index (χ0n) is 16.9. The minimum absolute atomic E-state index is 0.168. The van der Waals surface area contributed by atoms with Crippen LogP contribution in [0.4, 0.5) is 8.78 Å². The normalized spacial score (nSPS) is 14.9. The highest BCUT2D eigenvalue weighted by molar-refractivity contribution is 8.26. The van der Waals surface area contributed by atoms with Crippen molar-refractivity contribution in [1.82, 2.24) is 4.90 Å². The van der Waals surface area contributed by atoms with Gasteiger partial charge in [-0.15, -0.1) is 0 Å². The summed E-state index contributed by atoms with van der Waals surface area (Å²) in [5, 5.41) is 0.551. The Morgan fingerprint density at radius 3 is 2.06 bits per heavy atom. The molecule has 0 N–H and O–H groups in total. The van der Waals surface area contributed by atoms with E-state index >= 15 is 0 Å². The van der Waals surface area contributed by atoms with Crippen LogP contribution >= 0.6 is 47.2 Å². The van der Waals surface area contributed by atoms with Crippen molar-refractivity contribution in [2.24, 2.45) is 0 Å². The zero-order chi connectivity index (χ0) is 23.5. The van der Waals surface area contributed by atoms with E-state index in [0.717, 1.165) is 11.1 Å². The highest BCUT2D eigenvalue weighted by Gasteiger charge is 2.32. The summed E-state index contributed by atoms with van der Waals surface area (Å²) in [5.74, 6) is -0.632. The van der Waals surface area contributed by atoms with Gasteiger partial charge in [0.05, 0.1) is 21.5 Å². The summed E-state index contributed by atoms with van der Waals surface area (Å²) in [4.78, 5) is 14.8. The average Bonchev–Trinajstić information content (AvgIpc) is 3.03. The molecule has 1 saturated heterocycles. The number of rotatable bonds is 6. The van der Waals surface area contributed by atoms with Crippen LogP contribution in [-0.2, 0) is 17.9 Å². The third-order valence-corrected chi connectivity index (χ3v) is 6.68. The van der Waals surface area contributed by atoms with E-state index in [1.165, 1.54) is 40.9 Å². The number of amides is 1. The molecule has 1 aliphatic heterocycles. The van der Waals surface area contributed by atoms with Gasteiger partial charge in [0, 0.05) is 0 Å². The smallest absolute Gasteiger partial charge is 0.266 e. The van der Waals surface area contributed by atoms with Gasteiger partial charge in [0.2, 0.25) is 0 Å². The van der Waals surface area contributed by atoms with Crippen molar-refractivity contribution >= 4 is 63.5 Å². The van der Waals surface area contributed by atoms with E-state index in [2.05, 4.69) is 0 Å². The first-order chi connectivity index (χ1) is 15.8. The number of hydrogen-bond acceptors (Lipinski definition) is 4. The molecule has 1 aliphatic rings. The van der Waals surface area contributed by atoms with Gasteiger partial charge < -0.3 is 4.74 Å². The van der Waals surface area contributed by atoms with Crippen molar-refractivity contribution in [3.8, 4) is 5.75 Å². The summed E-state index contributed by atoms with van der Waals surface area (Å²) in [6, 6.07) is 15.1. The largest absolute Gasteiger partial charge is 0.486 e. The molecular weight excluding hydrogens is 507 g/mol. The minimum atomic E-state index is -0.345. The first kappa shape index (κ1) is 23.7. The van der Waals surface area contributed by atoms with E-state index in [1.807, 2.05) is 0 Å². The molecule has 9 heteroatoms. The van der Waals surface area contributed by atoms with Crippen molar-refractivity contribution in [2.45, 2.75) is 13.2 Å². The van der Waals surface area contributed by atoms with Crippen molar-refractivity contribution in [3.05, 3.63) is 104 Å². The lowest BCUT2D eigenvalue weighted by atomic mass is 10.2. The van der Waals surface area contributed by atoms with E-state index in [4.69, 9.17) is 40.2 Å². The maximum absolute atomic E-state index is 13.1. The molecule has 1 amide bonds. The van der Waals surface area contributed by atoms with Crippen LogP contribution in [0.5, 0.6) is 5.75 Å². The average molecular weight is 522 g/mol. The van der Waals surface area contributed by atoms with Crippen molar-refractivity contribution < 1.29 is 18.3 Å². The molecule has 0 bridgehead atoms. The molecule has 0 aliphatic carbocycles. The topological polar surface area (TPSA) is 29.5 Å². The Bertz CT molecular complexity index is 1230. The molecule has 3 nitrogen and oxygen atoms in total. The number of thiocarbonyl (C=S) groups is 1. The van der Waals surface area contributed by atoms with Crippen LogP contribution < -0.4 is 4.74 Å². The molecule has 4 rings (SSSR count). The molecule has 0 spiro atoms. The lowest BCUT2D eigenvalue weighted by Crippen LogP contribution is -2.27. The minimum Gasteiger partial charge on any atom is -0.486 e. The van der Waals surface area contributed by atoms with Gasteiger partial charge in [0.25, 0.3) is 5.91 Å². The van der Waals surface area contributed by atoms with Crippen molar-refractivity contribution in [2.75, 3.05) is 0 Å². The van der Waals surface area contributed by atoms with E-state index in [0.29, 0.717) is 20.5 Å². The molecule has 0 unspecified atom stereocenters. The fourth-order valence-corrected chi connectivity index (χ4v) is 4.97. The molecule has 1 fully saturated rings. The fourth-order valence-electron chi connectivity index (χ4n) is 3.10. The van der Waals surface area contributed by atoms with Gasteiger partial charge in [-0.2, -0.15) is 0 Å². The van der Waals surface area contributed by atoms with Crippen LogP contribution in [0.3, 0.4) is 0 Å². The number of thioether (sulfide) groups is 1. The number of carbonyl (C=O) groups is 1. The number of benzene rings is 3. The Hall–Kier alpha value is -2.45. The highest BCUT2D eigenvalue weighted by atomic mass is 35.5. The molecule has 3 aromatic rings. The molecule has 168 valence electrons. The van der Waals surface area contributed by atoms with Crippen LogP contribution in [0.15, 0.2) is 65.6 Å². The molecule has 33 heavy (non-hydrogen) atoms. The second-order valence-electron chi connectivity index (χ2n) is 7.12. The highest BCUT2D eigenvalue weighted by Crippen LogP contribution is 2.38. The Morgan fingerprint density at radius 1 is 0.939 bits per heavy atom. The second kappa shape index (κ2) is 10.2. The Labute approximate surface area is 208 Å². The van der Waals surface area contributed by atoms with E-state index in [-0.39, 0.29) is 40.7 Å². The van der Waals surface area contributed by atoms with Crippen LogP contribution in [0.25, 0.3) is 6.08 Å². The van der Waals surface area contributed by atoms with Crippen LogP contribution in [0, 0.1) is 11.6 Å². The molecule has 3 aromatic carbocycles. The Morgan fingerprint density at radius 2 is 1.48 bits per heavy atom. The summed E-state index contributed by atoms with van der Waals surface area (Å²) in [6.07, 6.45) is 1.66. The second-order valence-corrected chi connectivity index (χ2v) is 9.61. The molecule has 0 saturated carbocycles. The Balaban J connectivity index is 1.49. The first-order valence-electron chi connectivity index (χ1n) is 9.66. The third kappa shape index (κ3) is 5.73. The molecular formula is C24H15Cl2F2NO2S2. The number of carbonyl (C=O) groups excluding carboxylic acids is 1. The predicted molar refractivity (Wildman–Crippen MR) is 132 cm³/mol. The molecule has 0 atom stereocenters. The van der Waals surface area contributed by atoms with Gasteiger partial charge in [0.15, 0.2) is 5.75 Å². The van der Waals surface area contributed by atoms with Crippen LogP contribution in [-0.4, -0.2) is 15.1 Å². The SMILES string of the molecule is O=C1C(=Cc2cc(Cl)c(OCc3ccc(F)cc3)c(Cl)c2)SC(=S)N1Cc1ccc(F)cc1. The lowest BCUT2D eigenvalue weighted by molar-refractivity contribution is -0.122. The van der Waals surface area contributed by atoms with Gasteiger partial charge in [-0.25, -0.2) is 8.78 Å². The fraction of sp³-hybridized carbons (Fsp3) is 0.0833. The van der Waals surface area contributed by atoms with E-state index in [9.17, 15) is 13.6 Å². The predicted octanol–water partition coefficient (Wildman–Crippen LogP) is 7.25. The molecule has 0 radical (unpaired) electrons. The van der Waals surface area contributed by atoms with Crippen molar-refractivity contribution in [3.63, 3.8) is 0 Å². The summed E-state index contributed by atoms with van der Waals surface area (Å²) < 4.78 is 32.3. The van der Waals surface area contributed by atoms with E-state index < -0.39 is 0 Å². The monoisotopic (exact) mass is 521 g/mol. The van der Waals surface area contributed by atoms with Gasteiger partial charge in [-0.3, -0.25) is 9.69 Å². The summed E-state index contributed by atoms with van der Waals surface area (Å²) in [6.45, 7) is 0.418. The number of halogens is 4. The number of ether oxygens (including phenoxy) is 1. The lowest BCUT2D eigenvalue weighted by Gasteiger charge is -2.14. The summed E-state index contributed by atoms with van der Waals surface area (Å²) in [5.41, 5.74) is 2.14. The third-order valence-electron chi connectivity index (χ3n) is 4.74. The maximum atomic E-state index is 13.1. The van der Waals surface area contributed by atoms with E-state index in [1.54, 1.807) is 42.5 Å². The van der Waals surface area contributed by atoms with Crippen LogP contribution in [0.2, 0.25) is 10.0 Å².